The van der Waals surface area contributed by atoms with Crippen LogP contribution in [-0.4, -0.2) is 29.0 Å². The number of hydrogen-bond donors (Lipinski definition) is 0. The summed E-state index contributed by atoms with van der Waals surface area (Å²) in [5.74, 6) is 0.815. The van der Waals surface area contributed by atoms with Gasteiger partial charge in [-0.3, -0.25) is 4.48 Å². The van der Waals surface area contributed by atoms with Crippen LogP contribution >= 0.6 is 0 Å². The summed E-state index contributed by atoms with van der Waals surface area (Å²) in [5, 5.41) is 0. The lowest BCUT2D eigenvalue weighted by Gasteiger charge is -2.22. The molecule has 140 valence electrons. The highest BCUT2D eigenvalue weighted by molar-refractivity contribution is 6.43. The Morgan fingerprint density at radius 1 is 1.04 bits per heavy atom. The van der Waals surface area contributed by atoms with Crippen molar-refractivity contribution >= 4 is 18.5 Å². The van der Waals surface area contributed by atoms with Crippen LogP contribution in [0.2, 0.25) is 0 Å². The summed E-state index contributed by atoms with van der Waals surface area (Å²) in [7, 11) is 0.447. The van der Waals surface area contributed by atoms with E-state index in [2.05, 4.69) is 26.0 Å². The molecular formula is C22H27BFN2O+. The second kappa shape index (κ2) is 7.22. The van der Waals surface area contributed by atoms with E-state index in [-0.39, 0.29) is 0 Å². The topological polar surface area (TPSA) is 17.2 Å². The number of fused-ring (bicyclic) bond motifs is 2. The van der Waals surface area contributed by atoms with Gasteiger partial charge in [0.25, 0.3) is 0 Å². The van der Waals surface area contributed by atoms with Gasteiger partial charge in [0.1, 0.15) is 5.75 Å². The van der Waals surface area contributed by atoms with E-state index >= 15 is 4.32 Å². The first-order chi connectivity index (χ1) is 12.9. The molecular weight excluding hydrogens is 338 g/mol. The zero-order valence-corrected chi connectivity index (χ0v) is 17.2. The fraction of sp³-hybridized carbons (Fsp3) is 0.318. The molecule has 1 aromatic heterocycles. The van der Waals surface area contributed by atoms with Gasteiger partial charge >= 0.3 is 7.26 Å². The zero-order chi connectivity index (χ0) is 19.9. The molecule has 3 nitrogen and oxygen atoms in total. The van der Waals surface area contributed by atoms with Crippen molar-refractivity contribution in [3.8, 4) is 5.75 Å². The molecule has 0 unspecified atom stereocenters. The maximum atomic E-state index is 15.4. The number of methoxy groups -OCH3 is 1. The summed E-state index contributed by atoms with van der Waals surface area (Å²) in [6.07, 6.45) is 2.06. The van der Waals surface area contributed by atoms with Gasteiger partial charge in [-0.25, -0.2) is 8.80 Å². The third-order valence-corrected chi connectivity index (χ3v) is 5.12. The van der Waals surface area contributed by atoms with Crippen LogP contribution in [0.3, 0.4) is 0 Å². The Morgan fingerprint density at radius 2 is 1.67 bits per heavy atom. The number of rotatable bonds is 2. The lowest BCUT2D eigenvalue weighted by Crippen LogP contribution is -2.40. The monoisotopic (exact) mass is 365 g/mol. The van der Waals surface area contributed by atoms with Crippen molar-refractivity contribution in [1.82, 2.24) is 4.48 Å². The van der Waals surface area contributed by atoms with Crippen LogP contribution in [0, 0.1) is 13.8 Å². The Kier molecular flexibility index (Phi) is 5.14. The van der Waals surface area contributed by atoms with Crippen molar-refractivity contribution in [3.63, 3.8) is 0 Å². The number of allylic oxidation sites excluding steroid dienone is 2. The van der Waals surface area contributed by atoms with Crippen molar-refractivity contribution in [2.75, 3.05) is 7.11 Å². The van der Waals surface area contributed by atoms with E-state index < -0.39 is 7.26 Å². The molecule has 0 saturated carbocycles. The van der Waals surface area contributed by atoms with E-state index in [0.717, 1.165) is 50.8 Å². The van der Waals surface area contributed by atoms with E-state index in [1.54, 1.807) is 16.1 Å². The molecule has 5 heteroatoms. The number of aromatic nitrogens is 1. The van der Waals surface area contributed by atoms with Crippen LogP contribution < -0.4 is 4.74 Å². The molecule has 0 radical (unpaired) electrons. The maximum Gasteiger partial charge on any atom is 0.846 e. The number of aryl methyl sites for hydroxylation is 2. The molecule has 0 amide bonds. The van der Waals surface area contributed by atoms with Crippen LogP contribution in [0.15, 0.2) is 47.7 Å². The van der Waals surface area contributed by atoms with Gasteiger partial charge in [0.05, 0.1) is 18.4 Å². The van der Waals surface area contributed by atoms with E-state index in [1.165, 1.54) is 0 Å². The molecule has 27 heavy (non-hydrogen) atoms. The first-order valence-corrected chi connectivity index (χ1v) is 9.47. The third kappa shape index (κ3) is 2.86. The quantitative estimate of drug-likeness (QED) is 0.673. The summed E-state index contributed by atoms with van der Waals surface area (Å²) in [6, 6.07) is 10.1. The Bertz CT molecular complexity index is 980. The number of halogens is 1. The fourth-order valence-corrected chi connectivity index (χ4v) is 4.08. The molecule has 4 rings (SSSR count). The van der Waals surface area contributed by atoms with Gasteiger partial charge in [0, 0.05) is 24.3 Å². The molecule has 0 aliphatic carbocycles. The van der Waals surface area contributed by atoms with Gasteiger partial charge in [-0.2, -0.15) is 0 Å². The lowest BCUT2D eigenvalue weighted by molar-refractivity contribution is -0.336. The van der Waals surface area contributed by atoms with Crippen LogP contribution in [0.5, 0.6) is 5.75 Å². The molecule has 3 heterocycles. The Morgan fingerprint density at radius 3 is 2.26 bits per heavy atom. The number of ether oxygens (including phenoxy) is 1. The predicted molar refractivity (Wildman–Crippen MR) is 111 cm³/mol. The highest BCUT2D eigenvalue weighted by atomic mass is 19.1. The predicted octanol–water partition coefficient (Wildman–Crippen LogP) is 5.15. The molecule has 2 aromatic rings. The van der Waals surface area contributed by atoms with Crippen molar-refractivity contribution in [2.45, 2.75) is 41.5 Å². The second-order valence-electron chi connectivity index (χ2n) is 6.79. The van der Waals surface area contributed by atoms with Gasteiger partial charge in [-0.05, 0) is 50.1 Å². The number of hydrogen-bond acceptors (Lipinski definition) is 1. The average Bonchev–Trinajstić information content (AvgIpc) is 3.14. The molecule has 0 N–H and O–H groups in total. The maximum absolute atomic E-state index is 15.4. The molecule has 0 fully saturated rings. The van der Waals surface area contributed by atoms with E-state index in [9.17, 15) is 0 Å². The highest BCUT2D eigenvalue weighted by Gasteiger charge is 2.51. The first kappa shape index (κ1) is 19.2. The fourth-order valence-electron chi connectivity index (χ4n) is 4.08. The summed E-state index contributed by atoms with van der Waals surface area (Å²) >= 11 is 0. The van der Waals surface area contributed by atoms with Gasteiger partial charge in [0.15, 0.2) is 11.4 Å². The summed E-state index contributed by atoms with van der Waals surface area (Å²) in [4.78, 5) is 0. The van der Waals surface area contributed by atoms with E-state index in [1.807, 2.05) is 52.0 Å². The lowest BCUT2D eigenvalue weighted by atomic mass is 9.87. The van der Waals surface area contributed by atoms with Crippen molar-refractivity contribution in [2.24, 2.45) is 0 Å². The Labute approximate surface area is 161 Å². The molecule has 2 aliphatic rings. The minimum atomic E-state index is -1.21. The van der Waals surface area contributed by atoms with Crippen molar-refractivity contribution < 1.29 is 13.5 Å². The van der Waals surface area contributed by atoms with E-state index in [0.29, 0.717) is 0 Å². The molecule has 0 bridgehead atoms. The van der Waals surface area contributed by atoms with Gasteiger partial charge in [-0.15, -0.1) is 0 Å². The third-order valence-electron chi connectivity index (χ3n) is 5.12. The normalized spacial score (nSPS) is 15.3. The van der Waals surface area contributed by atoms with Crippen LogP contribution in [0.25, 0.3) is 5.57 Å². The molecule has 2 aliphatic heterocycles. The van der Waals surface area contributed by atoms with Gasteiger partial charge < -0.3 is 4.74 Å². The molecule has 0 saturated heterocycles. The smallest absolute Gasteiger partial charge is 0.497 e. The van der Waals surface area contributed by atoms with Gasteiger partial charge in [0.2, 0.25) is 0 Å². The molecule has 0 atom stereocenters. The van der Waals surface area contributed by atoms with Crippen LogP contribution in [0.4, 0.5) is 4.32 Å². The minimum absolute atomic E-state index is 0.815. The standard InChI is InChI=1S/C20H21BFN2O.C2H6/c1-12-10-14(3)23-19(12)18(16-6-8-17(25-5)9-7-16)20-13(2)11-15(4)24(20)21(23)22;1-2/h6-11H,1-5H3;1-2H3/q+1;. The summed E-state index contributed by atoms with van der Waals surface area (Å²) in [5.41, 5.74) is 8.12. The second-order valence-corrected chi connectivity index (χ2v) is 6.79. The SMILES string of the molecule is CC.COc1ccc(C2=C3C(C)=CC(C)=[N+]3B(F)n3c(C)cc(C)c32)cc1. The van der Waals surface area contributed by atoms with Crippen LogP contribution in [0.1, 0.15) is 50.2 Å². The highest BCUT2D eigenvalue weighted by Crippen LogP contribution is 2.40. The number of nitrogens with zero attached hydrogens (tertiary/aromatic N) is 2. The molecule has 0 spiro atoms. The van der Waals surface area contributed by atoms with Crippen molar-refractivity contribution in [1.29, 1.82) is 0 Å². The summed E-state index contributed by atoms with van der Waals surface area (Å²) < 4.78 is 24.3. The summed E-state index contributed by atoms with van der Waals surface area (Å²) in [6.45, 7) is 12.0. The van der Waals surface area contributed by atoms with Crippen molar-refractivity contribution in [3.05, 3.63) is 70.2 Å². The average molecular weight is 365 g/mol. The first-order valence-electron chi connectivity index (χ1n) is 9.47. The van der Waals surface area contributed by atoms with Gasteiger partial charge in [-0.1, -0.05) is 26.0 Å². The minimum Gasteiger partial charge on any atom is -0.497 e. The molecule has 1 aromatic carbocycles. The zero-order valence-electron chi connectivity index (χ0n) is 17.2. The largest absolute Gasteiger partial charge is 0.846 e. The Balaban J connectivity index is 0.00000102. The number of benzene rings is 1. The Hall–Kier alpha value is -2.56. The van der Waals surface area contributed by atoms with Crippen LogP contribution in [-0.2, 0) is 0 Å². The van der Waals surface area contributed by atoms with E-state index in [4.69, 9.17) is 4.74 Å².